The second-order valence-corrected chi connectivity index (χ2v) is 7.08. The van der Waals surface area contributed by atoms with E-state index in [1.165, 1.54) is 0 Å². The summed E-state index contributed by atoms with van der Waals surface area (Å²) in [6.45, 7) is 10.1. The average molecular weight is 341 g/mol. The summed E-state index contributed by atoms with van der Waals surface area (Å²) in [5.41, 5.74) is 3.06. The van der Waals surface area contributed by atoms with Crippen molar-refractivity contribution >= 4 is 6.03 Å². The summed E-state index contributed by atoms with van der Waals surface area (Å²) in [6, 6.07) is 11.6. The summed E-state index contributed by atoms with van der Waals surface area (Å²) < 4.78 is 0. The maximum atomic E-state index is 12.3. The van der Waals surface area contributed by atoms with Crippen LogP contribution in [0.15, 0.2) is 41.2 Å². The third-order valence-corrected chi connectivity index (χ3v) is 4.87. The highest BCUT2D eigenvalue weighted by atomic mass is 16.2. The Morgan fingerprint density at radius 1 is 1.20 bits per heavy atom. The zero-order chi connectivity index (χ0) is 18.6. The summed E-state index contributed by atoms with van der Waals surface area (Å²) in [6.07, 6.45) is 0. The Balaban J connectivity index is 2.00. The van der Waals surface area contributed by atoms with E-state index in [4.69, 9.17) is 0 Å². The number of amides is 2. The fraction of sp³-hybridized carbons (Fsp3) is 0.400. The first-order valence-corrected chi connectivity index (χ1v) is 8.51. The van der Waals surface area contributed by atoms with Crippen LogP contribution in [-0.2, 0) is 12.0 Å². The Bertz CT molecular complexity index is 794. The highest BCUT2D eigenvalue weighted by Gasteiger charge is 2.28. The Kier molecular flexibility index (Phi) is 5.67. The van der Waals surface area contributed by atoms with Crippen molar-refractivity contribution in [3.8, 4) is 0 Å². The molecule has 3 N–H and O–H groups in total. The van der Waals surface area contributed by atoms with E-state index >= 15 is 0 Å². The van der Waals surface area contributed by atoms with Crippen LogP contribution in [0.3, 0.4) is 0 Å². The van der Waals surface area contributed by atoms with Crippen molar-refractivity contribution in [3.05, 3.63) is 69.1 Å². The maximum absolute atomic E-state index is 12.3. The molecule has 2 rings (SSSR count). The van der Waals surface area contributed by atoms with Gasteiger partial charge in [-0.2, -0.15) is 0 Å². The number of aromatic amines is 1. The van der Waals surface area contributed by atoms with Gasteiger partial charge in [-0.1, -0.05) is 44.2 Å². The van der Waals surface area contributed by atoms with E-state index in [9.17, 15) is 9.59 Å². The van der Waals surface area contributed by atoms with Gasteiger partial charge in [-0.25, -0.2) is 4.79 Å². The molecule has 1 aromatic carbocycles. The number of rotatable bonds is 5. The van der Waals surface area contributed by atoms with Crippen LogP contribution in [0.2, 0.25) is 0 Å². The van der Waals surface area contributed by atoms with Gasteiger partial charge < -0.3 is 15.6 Å². The number of benzene rings is 1. The highest BCUT2D eigenvalue weighted by Crippen LogP contribution is 2.26. The minimum absolute atomic E-state index is 0.0766. The van der Waals surface area contributed by atoms with Crippen LogP contribution in [0.1, 0.15) is 43.2 Å². The lowest BCUT2D eigenvalue weighted by Crippen LogP contribution is -2.49. The van der Waals surface area contributed by atoms with Gasteiger partial charge in [0.1, 0.15) is 0 Å². The lowest BCUT2D eigenvalue weighted by molar-refractivity contribution is 0.231. The molecule has 0 aliphatic heterocycles. The predicted molar refractivity (Wildman–Crippen MR) is 101 cm³/mol. The van der Waals surface area contributed by atoms with Gasteiger partial charge in [-0.3, -0.25) is 4.79 Å². The smallest absolute Gasteiger partial charge is 0.315 e. The van der Waals surface area contributed by atoms with Crippen LogP contribution in [0.5, 0.6) is 0 Å². The SMILES string of the molecule is Cc1cc(C)c(CNC(=O)N[C@@H](C)C(C)(C)c2ccccc2)c(=O)[nH]1. The second-order valence-electron chi connectivity index (χ2n) is 7.08. The average Bonchev–Trinajstić information content (AvgIpc) is 2.54. The van der Waals surface area contributed by atoms with Crippen LogP contribution >= 0.6 is 0 Å². The molecular formula is C20H27N3O2. The van der Waals surface area contributed by atoms with E-state index in [1.54, 1.807) is 0 Å². The molecule has 2 aromatic rings. The van der Waals surface area contributed by atoms with Crippen LogP contribution in [-0.4, -0.2) is 17.1 Å². The third-order valence-electron chi connectivity index (χ3n) is 4.87. The molecule has 0 bridgehead atoms. The lowest BCUT2D eigenvalue weighted by atomic mass is 9.78. The summed E-state index contributed by atoms with van der Waals surface area (Å²) in [4.78, 5) is 27.0. The van der Waals surface area contributed by atoms with Crippen molar-refractivity contribution < 1.29 is 4.79 Å². The molecule has 2 amide bonds. The summed E-state index contributed by atoms with van der Waals surface area (Å²) in [5, 5.41) is 5.76. The lowest BCUT2D eigenvalue weighted by Gasteiger charge is -2.33. The van der Waals surface area contributed by atoms with Gasteiger partial charge in [0.2, 0.25) is 0 Å². The van der Waals surface area contributed by atoms with Gasteiger partial charge >= 0.3 is 6.03 Å². The molecule has 1 aromatic heterocycles. The number of carbonyl (C=O) groups is 1. The molecule has 0 aliphatic carbocycles. The Morgan fingerprint density at radius 2 is 1.84 bits per heavy atom. The van der Waals surface area contributed by atoms with Gasteiger partial charge in [0.25, 0.3) is 5.56 Å². The molecule has 1 heterocycles. The normalized spacial score (nSPS) is 12.5. The number of H-pyrrole nitrogens is 1. The van der Waals surface area contributed by atoms with Crippen LogP contribution in [0.25, 0.3) is 0 Å². The van der Waals surface area contributed by atoms with Gasteiger partial charge in [-0.15, -0.1) is 0 Å². The number of carbonyl (C=O) groups excluding carboxylic acids is 1. The minimum Gasteiger partial charge on any atom is -0.335 e. The van der Waals surface area contributed by atoms with E-state index in [1.807, 2.05) is 45.0 Å². The topological polar surface area (TPSA) is 74.0 Å². The van der Waals surface area contributed by atoms with Crippen LogP contribution in [0, 0.1) is 13.8 Å². The predicted octanol–water partition coefficient (Wildman–Crippen LogP) is 3.16. The molecule has 0 fully saturated rings. The molecule has 1 atom stereocenters. The van der Waals surface area contributed by atoms with Gasteiger partial charge in [0.05, 0.1) is 6.54 Å². The number of pyridine rings is 1. The van der Waals surface area contributed by atoms with Crippen molar-refractivity contribution in [2.24, 2.45) is 0 Å². The first-order chi connectivity index (χ1) is 11.7. The van der Waals surface area contributed by atoms with Crippen LogP contribution in [0.4, 0.5) is 4.79 Å². The number of aryl methyl sites for hydroxylation is 2. The van der Waals surface area contributed by atoms with E-state index in [0.717, 1.165) is 16.8 Å². The van der Waals surface area contributed by atoms with Gasteiger partial charge in [-0.05, 0) is 38.0 Å². The van der Waals surface area contributed by atoms with E-state index in [0.29, 0.717) is 5.56 Å². The van der Waals surface area contributed by atoms with E-state index in [2.05, 4.69) is 41.6 Å². The number of hydrogen-bond acceptors (Lipinski definition) is 2. The molecule has 0 spiro atoms. The Morgan fingerprint density at radius 3 is 2.44 bits per heavy atom. The zero-order valence-corrected chi connectivity index (χ0v) is 15.6. The fourth-order valence-electron chi connectivity index (χ4n) is 2.82. The van der Waals surface area contributed by atoms with Crippen molar-refractivity contribution in [2.45, 2.75) is 52.6 Å². The largest absolute Gasteiger partial charge is 0.335 e. The molecule has 0 saturated carbocycles. The zero-order valence-electron chi connectivity index (χ0n) is 15.6. The molecule has 134 valence electrons. The quantitative estimate of drug-likeness (QED) is 0.781. The standard InChI is InChI=1S/C20H27N3O2/c1-13-11-14(2)22-18(24)17(13)12-21-19(25)23-15(3)20(4,5)16-9-7-6-8-10-16/h6-11,15H,12H2,1-5H3,(H,22,24)(H2,21,23,25)/t15-/m0/s1. The summed E-state index contributed by atoms with van der Waals surface area (Å²) >= 11 is 0. The number of aromatic nitrogens is 1. The number of urea groups is 1. The summed E-state index contributed by atoms with van der Waals surface area (Å²) in [7, 11) is 0. The van der Waals surface area contributed by atoms with E-state index in [-0.39, 0.29) is 29.6 Å². The maximum Gasteiger partial charge on any atom is 0.315 e. The molecule has 0 radical (unpaired) electrons. The fourth-order valence-corrected chi connectivity index (χ4v) is 2.82. The first-order valence-electron chi connectivity index (χ1n) is 8.51. The third kappa shape index (κ3) is 4.50. The number of nitrogens with one attached hydrogen (secondary N) is 3. The van der Waals surface area contributed by atoms with Gasteiger partial charge in [0.15, 0.2) is 0 Å². The first kappa shape index (κ1) is 18.8. The second kappa shape index (κ2) is 7.55. The molecule has 0 unspecified atom stereocenters. The Hall–Kier alpha value is -2.56. The molecule has 0 saturated heterocycles. The molecule has 0 aliphatic rings. The monoisotopic (exact) mass is 341 g/mol. The molecule has 5 heteroatoms. The minimum atomic E-state index is -0.282. The number of hydrogen-bond donors (Lipinski definition) is 3. The molecule has 5 nitrogen and oxygen atoms in total. The summed E-state index contributed by atoms with van der Waals surface area (Å²) in [5.74, 6) is 0. The van der Waals surface area contributed by atoms with E-state index < -0.39 is 0 Å². The van der Waals surface area contributed by atoms with Crippen molar-refractivity contribution in [2.75, 3.05) is 0 Å². The highest BCUT2D eigenvalue weighted by molar-refractivity contribution is 5.74. The van der Waals surface area contributed by atoms with Crippen molar-refractivity contribution in [1.82, 2.24) is 15.6 Å². The van der Waals surface area contributed by atoms with Crippen LogP contribution < -0.4 is 16.2 Å². The van der Waals surface area contributed by atoms with Gasteiger partial charge in [0, 0.05) is 22.7 Å². The molecule has 25 heavy (non-hydrogen) atoms. The van der Waals surface area contributed by atoms with Crippen molar-refractivity contribution in [3.63, 3.8) is 0 Å². The molecular weight excluding hydrogens is 314 g/mol. The van der Waals surface area contributed by atoms with Crippen molar-refractivity contribution in [1.29, 1.82) is 0 Å². The Labute approximate surface area is 148 Å².